The van der Waals surface area contributed by atoms with E-state index >= 15 is 0 Å². The first kappa shape index (κ1) is 16.8. The van der Waals surface area contributed by atoms with Crippen LogP contribution >= 0.6 is 0 Å². The first-order valence-corrected chi connectivity index (χ1v) is 7.54. The van der Waals surface area contributed by atoms with E-state index in [1.165, 1.54) is 12.1 Å². The van der Waals surface area contributed by atoms with E-state index in [0.717, 1.165) is 25.6 Å². The summed E-state index contributed by atoms with van der Waals surface area (Å²) in [4.78, 5) is 14.1. The van der Waals surface area contributed by atoms with Crippen LogP contribution in [-0.2, 0) is 11.0 Å². The van der Waals surface area contributed by atoms with Gasteiger partial charge in [0, 0.05) is 26.1 Å². The number of carbonyl (C=O) groups excluding carboxylic acids is 1. The number of hydrogen-bond acceptors (Lipinski definition) is 2. The van der Waals surface area contributed by atoms with Crippen LogP contribution in [0.4, 0.5) is 13.2 Å². The maximum Gasteiger partial charge on any atom is 0.416 e. The third-order valence-corrected chi connectivity index (χ3v) is 3.97. The van der Waals surface area contributed by atoms with Crippen LogP contribution in [0.3, 0.4) is 0 Å². The molecule has 1 fully saturated rings. The second kappa shape index (κ2) is 7.13. The van der Waals surface area contributed by atoms with Gasteiger partial charge in [0.05, 0.1) is 5.56 Å². The van der Waals surface area contributed by atoms with Gasteiger partial charge >= 0.3 is 6.18 Å². The Morgan fingerprint density at radius 3 is 2.73 bits per heavy atom. The largest absolute Gasteiger partial charge is 0.416 e. The molecule has 122 valence electrons. The summed E-state index contributed by atoms with van der Waals surface area (Å²) >= 11 is 0. The van der Waals surface area contributed by atoms with E-state index in [4.69, 9.17) is 0 Å². The lowest BCUT2D eigenvalue weighted by molar-refractivity contribution is -0.139. The van der Waals surface area contributed by atoms with E-state index in [0.29, 0.717) is 13.1 Å². The normalized spacial score (nSPS) is 17.9. The lowest BCUT2D eigenvalue weighted by Crippen LogP contribution is -2.34. The quantitative estimate of drug-likeness (QED) is 0.930. The zero-order valence-corrected chi connectivity index (χ0v) is 12.6. The summed E-state index contributed by atoms with van der Waals surface area (Å²) in [6, 6.07) is 5.50. The van der Waals surface area contributed by atoms with E-state index in [1.54, 1.807) is 17.9 Å². The Morgan fingerprint density at radius 1 is 1.27 bits per heavy atom. The average molecular weight is 314 g/mol. The average Bonchev–Trinajstić information content (AvgIpc) is 2.75. The Hall–Kier alpha value is -1.56. The summed E-state index contributed by atoms with van der Waals surface area (Å²) in [6.45, 7) is 4.57. The summed E-state index contributed by atoms with van der Waals surface area (Å²) in [5, 5.41) is 3.20. The zero-order chi connectivity index (χ0) is 16.2. The minimum absolute atomic E-state index is 0.0758. The molecule has 6 heteroatoms. The van der Waals surface area contributed by atoms with Gasteiger partial charge in [-0.1, -0.05) is 25.1 Å². The van der Waals surface area contributed by atoms with Gasteiger partial charge in [-0.3, -0.25) is 4.79 Å². The van der Waals surface area contributed by atoms with Crippen molar-refractivity contribution >= 4 is 5.91 Å². The number of halogens is 3. The molecule has 1 aromatic carbocycles. The standard InChI is InChI=1S/C16H21F3N2O/c1-12(11-15(22)21-9-4-7-20-8-10-21)13-5-2-3-6-14(13)16(17,18)19/h2-3,5-6,12,20H,4,7-11H2,1H3. The molecule has 0 spiro atoms. The number of amides is 1. The number of hydrogen-bond donors (Lipinski definition) is 1. The van der Waals surface area contributed by atoms with Crippen LogP contribution in [0.15, 0.2) is 24.3 Å². The summed E-state index contributed by atoms with van der Waals surface area (Å²) in [7, 11) is 0. The van der Waals surface area contributed by atoms with Gasteiger partial charge in [-0.2, -0.15) is 13.2 Å². The molecule has 0 aromatic heterocycles. The zero-order valence-electron chi connectivity index (χ0n) is 12.6. The van der Waals surface area contributed by atoms with Crippen molar-refractivity contribution in [3.8, 4) is 0 Å². The molecule has 1 atom stereocenters. The SMILES string of the molecule is CC(CC(=O)N1CCCNCC1)c1ccccc1C(F)(F)F. The second-order valence-electron chi connectivity index (χ2n) is 5.67. The van der Waals surface area contributed by atoms with E-state index in [2.05, 4.69) is 5.32 Å². The number of nitrogens with one attached hydrogen (secondary N) is 1. The summed E-state index contributed by atoms with van der Waals surface area (Å²) < 4.78 is 39.2. The van der Waals surface area contributed by atoms with Crippen molar-refractivity contribution in [3.63, 3.8) is 0 Å². The molecule has 22 heavy (non-hydrogen) atoms. The van der Waals surface area contributed by atoms with Crippen LogP contribution in [0, 0.1) is 0 Å². The highest BCUT2D eigenvalue weighted by molar-refractivity contribution is 5.77. The van der Waals surface area contributed by atoms with Gasteiger partial charge in [-0.25, -0.2) is 0 Å². The molecule has 3 nitrogen and oxygen atoms in total. The van der Waals surface area contributed by atoms with Crippen molar-refractivity contribution in [2.45, 2.75) is 31.9 Å². The fourth-order valence-corrected chi connectivity index (χ4v) is 2.78. The molecule has 0 aliphatic carbocycles. The van der Waals surface area contributed by atoms with Gasteiger partial charge in [-0.05, 0) is 30.5 Å². The van der Waals surface area contributed by atoms with Crippen molar-refractivity contribution in [2.24, 2.45) is 0 Å². The van der Waals surface area contributed by atoms with Crippen LogP contribution in [0.1, 0.15) is 36.8 Å². The molecule has 1 aromatic rings. The van der Waals surface area contributed by atoms with Crippen LogP contribution in [0.5, 0.6) is 0 Å². The molecule has 0 bridgehead atoms. The molecule has 1 aliphatic heterocycles. The summed E-state index contributed by atoms with van der Waals surface area (Å²) in [5.74, 6) is -0.533. The molecule has 1 amide bonds. The van der Waals surface area contributed by atoms with Crippen LogP contribution in [-0.4, -0.2) is 37.0 Å². The molecule has 1 aliphatic rings. The first-order valence-electron chi connectivity index (χ1n) is 7.54. The molecular weight excluding hydrogens is 293 g/mol. The molecule has 1 heterocycles. The van der Waals surface area contributed by atoms with E-state index in [9.17, 15) is 18.0 Å². The highest BCUT2D eigenvalue weighted by atomic mass is 19.4. The number of benzene rings is 1. The third-order valence-electron chi connectivity index (χ3n) is 3.97. The highest BCUT2D eigenvalue weighted by Crippen LogP contribution is 2.36. The van der Waals surface area contributed by atoms with Crippen LogP contribution < -0.4 is 5.32 Å². The van der Waals surface area contributed by atoms with Gasteiger partial charge in [0.2, 0.25) is 5.91 Å². The molecule has 1 N–H and O–H groups in total. The Morgan fingerprint density at radius 2 is 2.00 bits per heavy atom. The minimum atomic E-state index is -4.39. The maximum atomic E-state index is 13.1. The van der Waals surface area contributed by atoms with E-state index < -0.39 is 17.7 Å². The summed E-state index contributed by atoms with van der Waals surface area (Å²) in [6.07, 6.45) is -3.41. The Bertz CT molecular complexity index is 508. The van der Waals surface area contributed by atoms with E-state index in [-0.39, 0.29) is 17.9 Å². The molecule has 2 rings (SSSR count). The molecule has 1 unspecified atom stereocenters. The number of carbonyl (C=O) groups is 1. The second-order valence-corrected chi connectivity index (χ2v) is 5.67. The predicted octanol–water partition coefficient (Wildman–Crippen LogP) is 3.02. The minimum Gasteiger partial charge on any atom is -0.341 e. The van der Waals surface area contributed by atoms with Crippen LogP contribution in [0.2, 0.25) is 0 Å². The number of rotatable bonds is 3. The predicted molar refractivity (Wildman–Crippen MR) is 78.5 cm³/mol. The molecule has 0 saturated carbocycles. The van der Waals surface area contributed by atoms with Gasteiger partial charge < -0.3 is 10.2 Å². The van der Waals surface area contributed by atoms with Crippen molar-refractivity contribution in [1.29, 1.82) is 0 Å². The number of alkyl halides is 3. The van der Waals surface area contributed by atoms with Gasteiger partial charge in [0.1, 0.15) is 0 Å². The van der Waals surface area contributed by atoms with Gasteiger partial charge in [-0.15, -0.1) is 0 Å². The monoisotopic (exact) mass is 314 g/mol. The first-order chi connectivity index (χ1) is 10.4. The lowest BCUT2D eigenvalue weighted by atomic mass is 9.92. The fraction of sp³-hybridized carbons (Fsp3) is 0.562. The van der Waals surface area contributed by atoms with Crippen LogP contribution in [0.25, 0.3) is 0 Å². The van der Waals surface area contributed by atoms with Crippen molar-refractivity contribution in [3.05, 3.63) is 35.4 Å². The van der Waals surface area contributed by atoms with Gasteiger partial charge in [0.25, 0.3) is 0 Å². The van der Waals surface area contributed by atoms with Crippen molar-refractivity contribution < 1.29 is 18.0 Å². The smallest absolute Gasteiger partial charge is 0.341 e. The third kappa shape index (κ3) is 4.22. The Balaban J connectivity index is 2.09. The lowest BCUT2D eigenvalue weighted by Gasteiger charge is -2.23. The maximum absolute atomic E-state index is 13.1. The van der Waals surface area contributed by atoms with E-state index in [1.807, 2.05) is 0 Å². The Kier molecular flexibility index (Phi) is 5.45. The fourth-order valence-electron chi connectivity index (χ4n) is 2.78. The van der Waals surface area contributed by atoms with Crippen molar-refractivity contribution in [1.82, 2.24) is 10.2 Å². The topological polar surface area (TPSA) is 32.3 Å². The summed E-state index contributed by atoms with van der Waals surface area (Å²) in [5.41, 5.74) is -0.455. The number of nitrogens with zero attached hydrogens (tertiary/aromatic N) is 1. The Labute approximate surface area is 128 Å². The molecule has 1 saturated heterocycles. The molecular formula is C16H21F3N2O. The van der Waals surface area contributed by atoms with Gasteiger partial charge in [0.15, 0.2) is 0 Å². The highest BCUT2D eigenvalue weighted by Gasteiger charge is 2.34. The molecule has 0 radical (unpaired) electrons. The van der Waals surface area contributed by atoms with Crippen molar-refractivity contribution in [2.75, 3.05) is 26.2 Å².